The topological polar surface area (TPSA) is 76.2 Å². The molecule has 0 aliphatic carbocycles. The van der Waals surface area contributed by atoms with E-state index in [1.54, 1.807) is 19.1 Å². The number of hydrazine groups is 1. The molecule has 4 aromatic rings. The number of anilines is 2. The average Bonchev–Trinajstić information content (AvgIpc) is 3.23. The van der Waals surface area contributed by atoms with E-state index in [0.717, 1.165) is 5.71 Å². The molecule has 0 spiro atoms. The predicted octanol–water partition coefficient (Wildman–Crippen LogP) is 15.0. The Kier molecular flexibility index (Phi) is 126. The summed E-state index contributed by atoms with van der Waals surface area (Å²) >= 11 is 0. The number of nitrogens with zero attached hydrogens (tertiary/aromatic N) is 7. The SMILES string of the molecule is C.C.C.C.CC.CC.CC.CC.CC(C)=NN(C)C.CC(C)=O.CCC.CCC.CN(C)N.CN(C)c1ccccc1.CN(C)c1ccccc1.C[n+]1ccccc1.C[n+]1ccccc1. The molecule has 2 heterocycles. The number of carbonyl (C=O) groups is 1. The van der Waals surface area contributed by atoms with Gasteiger partial charge >= 0.3 is 0 Å². The van der Waals surface area contributed by atoms with Gasteiger partial charge in [0.25, 0.3) is 0 Å². The maximum atomic E-state index is 9.44. The number of pyridine rings is 2. The summed E-state index contributed by atoms with van der Waals surface area (Å²) in [6.45, 7) is 31.5. The van der Waals surface area contributed by atoms with Crippen LogP contribution in [-0.2, 0) is 18.9 Å². The van der Waals surface area contributed by atoms with Crippen LogP contribution in [0.15, 0.2) is 127 Å². The number of para-hydroxylation sites is 2. The van der Waals surface area contributed by atoms with Gasteiger partial charge in [-0.25, -0.2) is 9.13 Å². The molecular weight excluding hydrogens is 801 g/mol. The number of aromatic nitrogens is 2. The highest BCUT2D eigenvalue weighted by Crippen LogP contribution is 2.08. The van der Waals surface area contributed by atoms with Crippen molar-refractivity contribution in [2.45, 2.75) is 153 Å². The normalized spacial score (nSPS) is 7.14. The number of hydrogen-bond donors (Lipinski definition) is 1. The Balaban J connectivity index is -0.0000000422. The van der Waals surface area contributed by atoms with E-state index in [4.69, 9.17) is 5.84 Å². The highest BCUT2D eigenvalue weighted by atomic mass is 16.1. The van der Waals surface area contributed by atoms with Crippen molar-refractivity contribution in [3.63, 3.8) is 0 Å². The number of Topliss-reactive ketones (excluding diaryl/α,β-unsaturated/α-hetero) is 1. The van der Waals surface area contributed by atoms with Crippen molar-refractivity contribution in [3.05, 3.63) is 122 Å². The Labute approximate surface area is 411 Å². The number of hydrogen-bond acceptors (Lipinski definition) is 7. The third-order valence-electron chi connectivity index (χ3n) is 4.67. The zero-order chi connectivity index (χ0) is 50.0. The van der Waals surface area contributed by atoms with E-state index >= 15 is 0 Å². The molecule has 0 aliphatic rings. The van der Waals surface area contributed by atoms with E-state index < -0.39 is 0 Å². The first-order valence-corrected chi connectivity index (χ1v) is 22.2. The molecule has 0 amide bonds. The fourth-order valence-corrected chi connectivity index (χ4v) is 2.82. The molecule has 0 saturated heterocycles. The maximum absolute atomic E-state index is 9.44. The second kappa shape index (κ2) is 86.5. The van der Waals surface area contributed by atoms with E-state index in [0.29, 0.717) is 0 Å². The molecule has 2 N–H and O–H groups in total. The van der Waals surface area contributed by atoms with Gasteiger partial charge in [0, 0.05) is 97.7 Å². The van der Waals surface area contributed by atoms with Gasteiger partial charge in [-0.05, 0) is 52.0 Å². The number of aryl methyl sites for hydroxylation is 2. The second-order valence-electron chi connectivity index (χ2n) is 12.7. The minimum Gasteiger partial charge on any atom is -0.378 e. The molecule has 4 rings (SSSR count). The Hall–Kier alpha value is -4.60. The second-order valence-corrected chi connectivity index (χ2v) is 12.7. The Morgan fingerprint density at radius 1 is 0.462 bits per heavy atom. The smallest absolute Gasteiger partial charge is 0.168 e. The van der Waals surface area contributed by atoms with E-state index in [1.807, 2.05) is 232 Å². The highest BCUT2D eigenvalue weighted by molar-refractivity contribution is 5.78. The lowest BCUT2D eigenvalue weighted by Gasteiger charge is -2.10. The van der Waals surface area contributed by atoms with Gasteiger partial charge in [0.2, 0.25) is 0 Å². The molecule has 0 unspecified atom stereocenters. The molecule has 0 radical (unpaired) electrons. The van der Waals surface area contributed by atoms with E-state index in [1.165, 1.54) is 43.1 Å². The quantitative estimate of drug-likeness (QED) is 0.0955. The molecule has 388 valence electrons. The minimum atomic E-state index is 0. The van der Waals surface area contributed by atoms with Crippen molar-refractivity contribution < 1.29 is 13.9 Å². The van der Waals surface area contributed by atoms with Gasteiger partial charge in [-0.3, -0.25) is 10.9 Å². The van der Waals surface area contributed by atoms with Crippen LogP contribution in [0.25, 0.3) is 0 Å². The summed E-state index contributed by atoms with van der Waals surface area (Å²) in [5, 5.41) is 7.31. The summed E-state index contributed by atoms with van der Waals surface area (Å²) in [5.41, 5.74) is 3.58. The lowest BCUT2D eigenvalue weighted by atomic mass is 10.3. The van der Waals surface area contributed by atoms with Crippen molar-refractivity contribution in [1.29, 1.82) is 0 Å². The van der Waals surface area contributed by atoms with Crippen molar-refractivity contribution in [2.75, 3.05) is 66.2 Å². The fraction of sp³-hybridized carbons (Fsp3) is 0.571. The first kappa shape index (κ1) is 94.9. The minimum absolute atomic E-state index is 0. The summed E-state index contributed by atoms with van der Waals surface area (Å²) < 4.78 is 4.00. The lowest BCUT2D eigenvalue weighted by Crippen LogP contribution is -2.25. The van der Waals surface area contributed by atoms with Gasteiger partial charge in [-0.2, -0.15) is 5.10 Å². The first-order valence-electron chi connectivity index (χ1n) is 22.2. The van der Waals surface area contributed by atoms with Crippen LogP contribution in [0.5, 0.6) is 0 Å². The third kappa shape index (κ3) is 126. The van der Waals surface area contributed by atoms with Crippen LogP contribution in [-0.4, -0.2) is 77.9 Å². The van der Waals surface area contributed by atoms with E-state index in [9.17, 15) is 4.79 Å². The molecule has 9 heteroatoms. The monoisotopic (exact) mass is 921 g/mol. The van der Waals surface area contributed by atoms with Crippen molar-refractivity contribution >= 4 is 22.9 Å². The summed E-state index contributed by atoms with van der Waals surface area (Å²) in [6, 6.07) is 32.5. The van der Waals surface area contributed by atoms with Crippen LogP contribution in [0.3, 0.4) is 0 Å². The molecule has 0 bridgehead atoms. The lowest BCUT2D eigenvalue weighted by molar-refractivity contribution is -0.671. The molecular formula is C56H120N8O+2. The largest absolute Gasteiger partial charge is 0.378 e. The van der Waals surface area contributed by atoms with Gasteiger partial charge in [-0.15, -0.1) is 0 Å². The number of nitrogens with two attached hydrogens (primary N) is 1. The zero-order valence-electron chi connectivity index (χ0n) is 45.1. The van der Waals surface area contributed by atoms with E-state index in [-0.39, 0.29) is 35.5 Å². The summed E-state index contributed by atoms with van der Waals surface area (Å²) in [4.78, 5) is 13.6. The van der Waals surface area contributed by atoms with Gasteiger partial charge < -0.3 is 19.6 Å². The van der Waals surface area contributed by atoms with Crippen LogP contribution < -0.4 is 24.8 Å². The zero-order valence-corrected chi connectivity index (χ0v) is 45.1. The molecule has 0 aliphatic heterocycles. The number of rotatable bonds is 3. The van der Waals surface area contributed by atoms with Crippen LogP contribution in [0, 0.1) is 0 Å². The molecule has 9 nitrogen and oxygen atoms in total. The number of benzene rings is 2. The first-order chi connectivity index (χ1) is 28.8. The Morgan fingerprint density at radius 3 is 0.708 bits per heavy atom. The van der Waals surface area contributed by atoms with Crippen LogP contribution in [0.2, 0.25) is 0 Å². The molecule has 0 atom stereocenters. The average molecular weight is 922 g/mol. The number of hydrazone groups is 1. The fourth-order valence-electron chi connectivity index (χ4n) is 2.82. The molecule has 65 heavy (non-hydrogen) atoms. The maximum Gasteiger partial charge on any atom is 0.168 e. The molecule has 0 saturated carbocycles. The van der Waals surface area contributed by atoms with E-state index in [2.05, 4.69) is 66.9 Å². The van der Waals surface area contributed by atoms with Crippen LogP contribution in [0.4, 0.5) is 11.4 Å². The van der Waals surface area contributed by atoms with Crippen molar-refractivity contribution in [2.24, 2.45) is 25.0 Å². The van der Waals surface area contributed by atoms with Gasteiger partial charge in [-0.1, -0.05) is 174 Å². The molecule has 2 aromatic heterocycles. The Morgan fingerprint density at radius 2 is 0.631 bits per heavy atom. The third-order valence-corrected chi connectivity index (χ3v) is 4.67. The van der Waals surface area contributed by atoms with Crippen molar-refractivity contribution in [1.82, 2.24) is 10.0 Å². The summed E-state index contributed by atoms with van der Waals surface area (Å²) in [6.07, 6.45) is 10.5. The van der Waals surface area contributed by atoms with Gasteiger partial charge in [0.15, 0.2) is 24.8 Å². The number of ketones is 1. The van der Waals surface area contributed by atoms with Crippen LogP contribution >= 0.6 is 0 Å². The molecule has 2 aromatic carbocycles. The van der Waals surface area contributed by atoms with Crippen LogP contribution in [0.1, 0.15) is 153 Å². The van der Waals surface area contributed by atoms with Gasteiger partial charge in [0.05, 0.1) is 0 Å². The number of carbonyl (C=O) groups excluding carboxylic acids is 1. The highest BCUT2D eigenvalue weighted by Gasteiger charge is 1.88. The summed E-state index contributed by atoms with van der Waals surface area (Å²) in [5.74, 6) is 5.11. The predicted molar refractivity (Wildman–Crippen MR) is 308 cm³/mol. The van der Waals surface area contributed by atoms with Gasteiger partial charge in [0.1, 0.15) is 19.9 Å². The van der Waals surface area contributed by atoms with Crippen molar-refractivity contribution in [3.8, 4) is 0 Å². The Bertz CT molecular complexity index is 1190. The summed E-state index contributed by atoms with van der Waals surface area (Å²) in [7, 11) is 19.5. The standard InChI is InChI=1S/2C8H11N.2C6H8N.C5H12N2.C3H6O.2C3H8.C2H8N2.4C2H6.4CH4/c2*1-9(2)8-6-4-3-5-7-8;2*1-7-5-3-2-4-6-7;1-5(2)6-7(3)4;1-3(2)4;2*1-3-2;1-4(2)3;4*1-2;;;;/h2*3-7H,1-2H3;2*2-6H,1H3;1-4H3;1-2H3;2*3H2,1-2H3;3H2,1-2H3;4*1-2H3;4*1H4/q;;2*+1;;;;;;;;;;;;;. The molecule has 0 fully saturated rings.